The summed E-state index contributed by atoms with van der Waals surface area (Å²) in [6.45, 7) is 1.34. The Bertz CT molecular complexity index is 1440. The standard InChI is InChI=1S/C26H24N4O4S/c31-23-21(22(24(23)32)30-11-13-35-14-12-30)29-20(26(33)34)15-16-5-7-18(8-6-16)28-25-19-4-2-1-3-17(19)9-10-27-25/h1-10,20,29H,11-15H2,(H,27,28)(H,33,34)/t20-/m0/s1. The lowest BCUT2D eigenvalue weighted by atomic mass is 10.0. The molecule has 35 heavy (non-hydrogen) atoms. The number of aromatic nitrogens is 1. The average molecular weight is 489 g/mol. The van der Waals surface area contributed by atoms with Crippen LogP contribution in [0.25, 0.3) is 10.8 Å². The zero-order valence-corrected chi connectivity index (χ0v) is 19.7. The van der Waals surface area contributed by atoms with Crippen molar-refractivity contribution >= 4 is 51.4 Å². The zero-order chi connectivity index (χ0) is 24.4. The van der Waals surface area contributed by atoms with Crippen LogP contribution in [0.4, 0.5) is 22.9 Å². The lowest BCUT2D eigenvalue weighted by Gasteiger charge is -2.31. The Morgan fingerprint density at radius 3 is 2.51 bits per heavy atom. The van der Waals surface area contributed by atoms with Gasteiger partial charge in [0.05, 0.1) is 0 Å². The molecule has 1 fully saturated rings. The highest BCUT2D eigenvalue weighted by atomic mass is 32.2. The highest BCUT2D eigenvalue weighted by molar-refractivity contribution is 7.99. The second-order valence-electron chi connectivity index (χ2n) is 8.42. The number of rotatable bonds is 8. The first-order chi connectivity index (χ1) is 17.0. The Hall–Kier alpha value is -3.85. The van der Waals surface area contributed by atoms with Crippen LogP contribution in [-0.4, -0.2) is 46.7 Å². The molecule has 178 valence electrons. The van der Waals surface area contributed by atoms with E-state index < -0.39 is 22.9 Å². The van der Waals surface area contributed by atoms with Gasteiger partial charge in [0.1, 0.15) is 23.2 Å². The summed E-state index contributed by atoms with van der Waals surface area (Å²) in [6, 6.07) is 16.3. The molecule has 8 nitrogen and oxygen atoms in total. The molecule has 1 aliphatic heterocycles. The number of aliphatic carboxylic acids is 1. The van der Waals surface area contributed by atoms with Crippen molar-refractivity contribution in [1.29, 1.82) is 0 Å². The van der Waals surface area contributed by atoms with Crippen LogP contribution in [0.1, 0.15) is 5.56 Å². The van der Waals surface area contributed by atoms with Crippen molar-refractivity contribution in [2.24, 2.45) is 0 Å². The number of nitrogens with zero attached hydrogens (tertiary/aromatic N) is 2. The van der Waals surface area contributed by atoms with Gasteiger partial charge in [-0.2, -0.15) is 11.8 Å². The molecule has 2 heterocycles. The number of fused-ring (bicyclic) bond motifs is 1. The molecule has 0 aliphatic carbocycles. The molecule has 1 atom stereocenters. The van der Waals surface area contributed by atoms with Gasteiger partial charge in [-0.25, -0.2) is 9.78 Å². The van der Waals surface area contributed by atoms with E-state index in [1.165, 1.54) is 0 Å². The molecule has 1 saturated heterocycles. The molecular formula is C26H24N4O4S. The third-order valence-corrected chi connectivity index (χ3v) is 7.10. The second kappa shape index (κ2) is 9.79. The van der Waals surface area contributed by atoms with E-state index in [9.17, 15) is 19.5 Å². The Labute approximate surface area is 205 Å². The monoisotopic (exact) mass is 488 g/mol. The van der Waals surface area contributed by atoms with Crippen molar-refractivity contribution in [2.45, 2.75) is 12.5 Å². The van der Waals surface area contributed by atoms with E-state index >= 15 is 0 Å². The van der Waals surface area contributed by atoms with Crippen molar-refractivity contribution in [3.05, 3.63) is 86.8 Å². The van der Waals surface area contributed by atoms with Gasteiger partial charge in [-0.3, -0.25) is 9.59 Å². The zero-order valence-electron chi connectivity index (χ0n) is 18.9. The largest absolute Gasteiger partial charge is 0.480 e. The second-order valence-corrected chi connectivity index (χ2v) is 9.65. The minimum Gasteiger partial charge on any atom is -0.480 e. The quantitative estimate of drug-likeness (QED) is 0.322. The van der Waals surface area contributed by atoms with Crippen molar-refractivity contribution in [3.63, 3.8) is 0 Å². The van der Waals surface area contributed by atoms with Crippen LogP contribution in [0.3, 0.4) is 0 Å². The molecule has 4 aromatic rings. The van der Waals surface area contributed by atoms with E-state index in [4.69, 9.17) is 0 Å². The first-order valence-corrected chi connectivity index (χ1v) is 12.5. The maximum atomic E-state index is 12.2. The van der Waals surface area contributed by atoms with Gasteiger partial charge in [-0.15, -0.1) is 0 Å². The predicted octanol–water partition coefficient (Wildman–Crippen LogP) is 3.24. The molecule has 0 radical (unpaired) electrons. The van der Waals surface area contributed by atoms with Crippen LogP contribution in [0.2, 0.25) is 0 Å². The van der Waals surface area contributed by atoms with Crippen LogP contribution in [0.15, 0.2) is 70.4 Å². The molecule has 0 bridgehead atoms. The van der Waals surface area contributed by atoms with Gasteiger partial charge in [-0.1, -0.05) is 36.4 Å². The lowest BCUT2D eigenvalue weighted by Crippen LogP contribution is -2.47. The number of carboxylic acid groups (broad SMARTS) is 1. The average Bonchev–Trinajstić information content (AvgIpc) is 2.89. The number of anilines is 4. The molecule has 9 heteroatoms. The Balaban J connectivity index is 1.30. The summed E-state index contributed by atoms with van der Waals surface area (Å²) in [5, 5.41) is 18.0. The number of pyridine rings is 1. The maximum Gasteiger partial charge on any atom is 0.326 e. The fourth-order valence-electron chi connectivity index (χ4n) is 4.29. The SMILES string of the molecule is O=C(O)[C@H](Cc1ccc(Nc2nccc3ccccc23)cc1)Nc1c(N2CCSCC2)c(=O)c1=O. The van der Waals surface area contributed by atoms with Gasteiger partial charge < -0.3 is 20.6 Å². The number of nitrogens with one attached hydrogen (secondary N) is 2. The van der Waals surface area contributed by atoms with Gasteiger partial charge in [-0.05, 0) is 29.1 Å². The van der Waals surface area contributed by atoms with Crippen LogP contribution in [-0.2, 0) is 11.2 Å². The third kappa shape index (κ3) is 4.72. The summed E-state index contributed by atoms with van der Waals surface area (Å²) in [5.41, 5.74) is 0.868. The highest BCUT2D eigenvalue weighted by Gasteiger charge is 2.30. The first kappa shape index (κ1) is 22.9. The lowest BCUT2D eigenvalue weighted by molar-refractivity contribution is -0.137. The van der Waals surface area contributed by atoms with Gasteiger partial charge >= 0.3 is 5.97 Å². The van der Waals surface area contributed by atoms with E-state index in [-0.39, 0.29) is 12.1 Å². The summed E-state index contributed by atoms with van der Waals surface area (Å²) >= 11 is 1.79. The Kier molecular flexibility index (Phi) is 6.41. The van der Waals surface area contributed by atoms with Gasteiger partial charge in [0.25, 0.3) is 10.9 Å². The molecule has 0 saturated carbocycles. The van der Waals surface area contributed by atoms with Gasteiger partial charge in [0.15, 0.2) is 0 Å². The van der Waals surface area contributed by atoms with E-state index in [2.05, 4.69) is 15.6 Å². The first-order valence-electron chi connectivity index (χ1n) is 11.4. The molecule has 0 spiro atoms. The minimum absolute atomic E-state index is 0.120. The van der Waals surface area contributed by atoms with Crippen LogP contribution in [0.5, 0.6) is 0 Å². The van der Waals surface area contributed by atoms with E-state index in [0.717, 1.165) is 39.3 Å². The van der Waals surface area contributed by atoms with E-state index in [1.54, 1.807) is 18.0 Å². The van der Waals surface area contributed by atoms with Gasteiger partial charge in [0, 0.05) is 48.3 Å². The van der Waals surface area contributed by atoms with Crippen molar-refractivity contribution in [2.75, 3.05) is 40.1 Å². The fourth-order valence-corrected chi connectivity index (χ4v) is 5.20. The number of carbonyl (C=O) groups is 1. The van der Waals surface area contributed by atoms with Crippen molar-refractivity contribution in [3.8, 4) is 0 Å². The molecular weight excluding hydrogens is 464 g/mol. The number of thioether (sulfide) groups is 1. The summed E-state index contributed by atoms with van der Waals surface area (Å²) in [4.78, 5) is 42.7. The highest BCUT2D eigenvalue weighted by Crippen LogP contribution is 2.26. The molecule has 0 amide bonds. The number of hydrogen-bond acceptors (Lipinski definition) is 8. The fraction of sp³-hybridized carbons (Fsp3) is 0.231. The Morgan fingerprint density at radius 1 is 1.03 bits per heavy atom. The number of hydrogen-bond donors (Lipinski definition) is 3. The van der Waals surface area contributed by atoms with E-state index in [0.29, 0.717) is 18.8 Å². The normalized spacial score (nSPS) is 14.7. The number of carboxylic acids is 1. The van der Waals surface area contributed by atoms with Crippen molar-refractivity contribution in [1.82, 2.24) is 4.98 Å². The summed E-state index contributed by atoms with van der Waals surface area (Å²) in [7, 11) is 0. The smallest absolute Gasteiger partial charge is 0.326 e. The molecule has 1 aliphatic rings. The van der Waals surface area contributed by atoms with Crippen molar-refractivity contribution < 1.29 is 9.90 Å². The number of benzene rings is 2. The molecule has 1 aromatic heterocycles. The van der Waals surface area contributed by atoms with E-state index in [1.807, 2.05) is 59.5 Å². The maximum absolute atomic E-state index is 12.2. The predicted molar refractivity (Wildman–Crippen MR) is 141 cm³/mol. The van der Waals surface area contributed by atoms with Crippen LogP contribution in [0, 0.1) is 0 Å². The molecule has 0 unspecified atom stereocenters. The Morgan fingerprint density at radius 2 is 1.77 bits per heavy atom. The minimum atomic E-state index is -1.08. The third-order valence-electron chi connectivity index (χ3n) is 6.16. The van der Waals surface area contributed by atoms with Crippen LogP contribution < -0.4 is 26.4 Å². The summed E-state index contributed by atoms with van der Waals surface area (Å²) < 4.78 is 0. The molecule has 3 N–H and O–H groups in total. The summed E-state index contributed by atoms with van der Waals surface area (Å²) in [5.74, 6) is 1.40. The molecule has 3 aromatic carbocycles. The van der Waals surface area contributed by atoms with Crippen LogP contribution >= 0.6 is 11.8 Å². The topological polar surface area (TPSA) is 112 Å². The molecule has 5 rings (SSSR count). The summed E-state index contributed by atoms with van der Waals surface area (Å²) in [6.07, 6.45) is 1.91. The van der Waals surface area contributed by atoms with Gasteiger partial charge in [0.2, 0.25) is 0 Å².